The van der Waals surface area contributed by atoms with Crippen molar-refractivity contribution in [2.45, 2.75) is 12.6 Å². The number of nitrogens with one attached hydrogen (secondary N) is 1. The number of hydrogen-bond acceptors (Lipinski definition) is 5. The third-order valence-corrected chi connectivity index (χ3v) is 2.54. The fourth-order valence-electron chi connectivity index (χ4n) is 1.58. The molecule has 0 radical (unpaired) electrons. The first-order valence-electron chi connectivity index (χ1n) is 6.24. The number of alkyl halides is 3. The Balaban J connectivity index is 2.00. The van der Waals surface area contributed by atoms with Gasteiger partial charge in [0.15, 0.2) is 5.65 Å². The summed E-state index contributed by atoms with van der Waals surface area (Å²) in [6.07, 6.45) is -2.10. The molecule has 0 aliphatic rings. The number of hydrogen-bond donors (Lipinski definition) is 1. The minimum absolute atomic E-state index is 0.0371. The Morgan fingerprint density at radius 2 is 2.10 bits per heavy atom. The molecule has 114 valence electrons. The van der Waals surface area contributed by atoms with Crippen molar-refractivity contribution in [2.24, 2.45) is 0 Å². The van der Waals surface area contributed by atoms with E-state index < -0.39 is 12.0 Å². The van der Waals surface area contributed by atoms with Gasteiger partial charge >= 0.3 is 6.18 Å². The van der Waals surface area contributed by atoms with Gasteiger partial charge in [0.05, 0.1) is 13.2 Å². The summed E-state index contributed by atoms with van der Waals surface area (Å²) in [5.41, 5.74) is 0.0371. The van der Waals surface area contributed by atoms with Gasteiger partial charge in [0.1, 0.15) is 5.82 Å². The molecule has 2 aromatic heterocycles. The van der Waals surface area contributed by atoms with E-state index in [1.165, 1.54) is 12.1 Å². The predicted octanol–water partition coefficient (Wildman–Crippen LogP) is 2.15. The molecular weight excluding hydrogens is 287 g/mol. The minimum Gasteiger partial charge on any atom is -0.379 e. The van der Waals surface area contributed by atoms with Crippen LogP contribution in [-0.4, -0.2) is 39.6 Å². The maximum absolute atomic E-state index is 12.7. The molecule has 0 amide bonds. The van der Waals surface area contributed by atoms with Crippen LogP contribution in [0.15, 0.2) is 24.8 Å². The second kappa shape index (κ2) is 6.53. The van der Waals surface area contributed by atoms with Crippen molar-refractivity contribution in [3.8, 4) is 0 Å². The maximum atomic E-state index is 12.7. The predicted molar refractivity (Wildman–Crippen MR) is 69.9 cm³/mol. The minimum atomic E-state index is -4.60. The molecule has 1 N–H and O–H groups in total. The molecule has 0 bridgehead atoms. The summed E-state index contributed by atoms with van der Waals surface area (Å²) >= 11 is 0. The van der Waals surface area contributed by atoms with Gasteiger partial charge in [-0.3, -0.25) is 0 Å². The molecule has 6 nitrogen and oxygen atoms in total. The lowest BCUT2D eigenvalue weighted by atomic mass is 10.4. The van der Waals surface area contributed by atoms with Gasteiger partial charge in [-0.25, -0.2) is 0 Å². The largest absolute Gasteiger partial charge is 0.453 e. The first-order chi connectivity index (χ1) is 10.0. The molecule has 0 spiro atoms. The van der Waals surface area contributed by atoms with Crippen molar-refractivity contribution in [2.75, 3.05) is 25.1 Å². The number of anilines is 1. The van der Waals surface area contributed by atoms with Crippen LogP contribution in [0.25, 0.3) is 5.65 Å². The quantitative estimate of drug-likeness (QED) is 0.627. The number of fused-ring (bicyclic) bond motifs is 1. The Hall–Kier alpha value is -2.16. The van der Waals surface area contributed by atoms with Crippen molar-refractivity contribution in [1.82, 2.24) is 19.8 Å². The van der Waals surface area contributed by atoms with E-state index in [1.807, 2.05) is 0 Å². The molecule has 2 heterocycles. The zero-order valence-electron chi connectivity index (χ0n) is 11.1. The fourth-order valence-corrected chi connectivity index (χ4v) is 1.58. The number of ether oxygens (including phenoxy) is 1. The highest BCUT2D eigenvalue weighted by molar-refractivity contribution is 5.44. The first-order valence-corrected chi connectivity index (χ1v) is 6.24. The third kappa shape index (κ3) is 3.91. The van der Waals surface area contributed by atoms with Crippen molar-refractivity contribution in [3.05, 3.63) is 30.6 Å². The number of aromatic nitrogens is 4. The lowest BCUT2D eigenvalue weighted by Gasteiger charge is -2.07. The van der Waals surface area contributed by atoms with E-state index in [0.29, 0.717) is 30.1 Å². The monoisotopic (exact) mass is 301 g/mol. The van der Waals surface area contributed by atoms with E-state index in [4.69, 9.17) is 4.74 Å². The van der Waals surface area contributed by atoms with Crippen LogP contribution in [0.2, 0.25) is 0 Å². The second-order valence-corrected chi connectivity index (χ2v) is 4.13. The van der Waals surface area contributed by atoms with Gasteiger partial charge in [-0.1, -0.05) is 6.08 Å². The number of rotatable bonds is 7. The summed E-state index contributed by atoms with van der Waals surface area (Å²) in [7, 11) is 0. The molecular formula is C12H14F3N5O. The Kier molecular flexibility index (Phi) is 4.73. The molecule has 2 aromatic rings. The maximum Gasteiger partial charge on any atom is 0.453 e. The Bertz CT molecular complexity index is 610. The smallest absolute Gasteiger partial charge is 0.379 e. The van der Waals surface area contributed by atoms with Crippen molar-refractivity contribution >= 4 is 11.5 Å². The second-order valence-electron chi connectivity index (χ2n) is 4.13. The molecule has 0 fully saturated rings. The van der Waals surface area contributed by atoms with Crippen LogP contribution in [0.1, 0.15) is 12.2 Å². The molecule has 0 aliphatic heterocycles. The summed E-state index contributed by atoms with van der Waals surface area (Å²) in [5, 5.41) is 13.2. The Morgan fingerprint density at radius 1 is 1.29 bits per heavy atom. The molecule has 0 saturated carbocycles. The van der Waals surface area contributed by atoms with E-state index >= 15 is 0 Å². The number of nitrogens with zero attached hydrogens (tertiary/aromatic N) is 4. The van der Waals surface area contributed by atoms with Crippen LogP contribution >= 0.6 is 0 Å². The van der Waals surface area contributed by atoms with E-state index in [2.05, 4.69) is 27.2 Å². The molecule has 0 aliphatic carbocycles. The highest BCUT2D eigenvalue weighted by atomic mass is 19.4. The molecule has 9 heteroatoms. The van der Waals surface area contributed by atoms with E-state index in [0.717, 1.165) is 6.42 Å². The SMILES string of the molecule is C=CCCOCCNc1ccc2nnc(C(F)(F)F)n2n1. The summed E-state index contributed by atoms with van der Waals surface area (Å²) in [6.45, 7) is 4.97. The van der Waals surface area contributed by atoms with Crippen LogP contribution in [0.5, 0.6) is 0 Å². The van der Waals surface area contributed by atoms with E-state index in [1.54, 1.807) is 6.08 Å². The van der Waals surface area contributed by atoms with Gasteiger partial charge in [-0.15, -0.1) is 21.9 Å². The van der Waals surface area contributed by atoms with Gasteiger partial charge in [0.25, 0.3) is 5.82 Å². The summed E-state index contributed by atoms with van der Waals surface area (Å²) < 4.78 is 44.0. The molecule has 0 unspecified atom stereocenters. The molecule has 0 aromatic carbocycles. The highest BCUT2D eigenvalue weighted by Crippen LogP contribution is 2.27. The van der Waals surface area contributed by atoms with Gasteiger partial charge in [-0.05, 0) is 18.6 Å². The third-order valence-electron chi connectivity index (χ3n) is 2.54. The number of halogens is 3. The Morgan fingerprint density at radius 3 is 2.81 bits per heavy atom. The van der Waals surface area contributed by atoms with Crippen LogP contribution < -0.4 is 5.32 Å². The van der Waals surface area contributed by atoms with Crippen molar-refractivity contribution in [3.63, 3.8) is 0 Å². The van der Waals surface area contributed by atoms with Gasteiger partial charge in [0.2, 0.25) is 0 Å². The average molecular weight is 301 g/mol. The summed E-state index contributed by atoms with van der Waals surface area (Å²) in [5.74, 6) is -0.858. The Labute approximate surface area is 118 Å². The van der Waals surface area contributed by atoms with Crippen LogP contribution in [0, 0.1) is 0 Å². The van der Waals surface area contributed by atoms with Gasteiger partial charge in [-0.2, -0.15) is 17.7 Å². The van der Waals surface area contributed by atoms with Crippen LogP contribution in [-0.2, 0) is 10.9 Å². The van der Waals surface area contributed by atoms with Crippen LogP contribution in [0.3, 0.4) is 0 Å². The van der Waals surface area contributed by atoms with Gasteiger partial charge in [0, 0.05) is 6.54 Å². The summed E-state index contributed by atoms with van der Waals surface area (Å²) in [4.78, 5) is 0. The average Bonchev–Trinajstić information content (AvgIpc) is 2.85. The lowest BCUT2D eigenvalue weighted by molar-refractivity contribution is -0.146. The zero-order valence-corrected chi connectivity index (χ0v) is 11.1. The molecule has 0 saturated heterocycles. The lowest BCUT2D eigenvalue weighted by Crippen LogP contribution is -2.15. The topological polar surface area (TPSA) is 64.3 Å². The standard InChI is InChI=1S/C12H14F3N5O/c1-2-3-7-21-8-6-16-9-4-5-10-17-18-11(12(13,14)15)20(10)19-9/h2,4-5H,1,3,6-8H2,(H,16,19). The molecule has 21 heavy (non-hydrogen) atoms. The van der Waals surface area contributed by atoms with Crippen molar-refractivity contribution < 1.29 is 17.9 Å². The zero-order chi connectivity index (χ0) is 15.3. The van der Waals surface area contributed by atoms with Crippen molar-refractivity contribution in [1.29, 1.82) is 0 Å². The first kappa shape index (κ1) is 15.2. The fraction of sp³-hybridized carbons (Fsp3) is 0.417. The van der Waals surface area contributed by atoms with Crippen LogP contribution in [0.4, 0.5) is 19.0 Å². The van der Waals surface area contributed by atoms with Gasteiger partial charge < -0.3 is 10.1 Å². The molecule has 0 atom stereocenters. The molecule has 2 rings (SSSR count). The highest BCUT2D eigenvalue weighted by Gasteiger charge is 2.37. The normalized spacial score (nSPS) is 11.8. The van der Waals surface area contributed by atoms with E-state index in [9.17, 15) is 13.2 Å². The van der Waals surface area contributed by atoms with E-state index in [-0.39, 0.29) is 5.65 Å². The summed E-state index contributed by atoms with van der Waals surface area (Å²) in [6, 6.07) is 2.95.